The van der Waals surface area contributed by atoms with Crippen molar-refractivity contribution in [2.75, 3.05) is 19.6 Å². The molecule has 178 valence electrons. The summed E-state index contributed by atoms with van der Waals surface area (Å²) in [5.74, 6) is -1.93. The molecule has 0 aliphatic heterocycles. The van der Waals surface area contributed by atoms with Crippen molar-refractivity contribution in [3.8, 4) is 0 Å². The highest BCUT2D eigenvalue weighted by Crippen LogP contribution is 2.29. The quantitative estimate of drug-likeness (QED) is 0.416. The Balaban J connectivity index is 1.90. The van der Waals surface area contributed by atoms with Crippen LogP contribution in [0.5, 0.6) is 0 Å². The lowest BCUT2D eigenvalue weighted by Crippen LogP contribution is -2.53. The first kappa shape index (κ1) is 26.1. The summed E-state index contributed by atoms with van der Waals surface area (Å²) in [5.41, 5.74) is -0.279. The molecule has 0 spiro atoms. The van der Waals surface area contributed by atoms with Crippen LogP contribution in [0.4, 0.5) is 13.2 Å². The van der Waals surface area contributed by atoms with Crippen LogP contribution in [0.2, 0.25) is 5.02 Å². The number of carbonyl (C=O) groups excluding carboxylic acids is 3. The van der Waals surface area contributed by atoms with Crippen LogP contribution in [0.3, 0.4) is 0 Å². The fraction of sp³-hybridized carbons (Fsp3) is 0.318. The van der Waals surface area contributed by atoms with Gasteiger partial charge in [0.1, 0.15) is 6.04 Å². The van der Waals surface area contributed by atoms with E-state index in [0.29, 0.717) is 24.2 Å². The summed E-state index contributed by atoms with van der Waals surface area (Å²) in [6, 6.07) is 10.0. The number of hydrogen-bond donors (Lipinski definition) is 4. The molecule has 0 heterocycles. The molecule has 0 aliphatic rings. The van der Waals surface area contributed by atoms with Crippen LogP contribution >= 0.6 is 11.6 Å². The lowest BCUT2D eigenvalue weighted by Gasteiger charge is -2.19. The number of likely N-dealkylation sites (N-methyl/N-ethyl adjacent to an activating group) is 1. The molecule has 0 bridgehead atoms. The molecular weight excluding hydrogens is 461 g/mol. The van der Waals surface area contributed by atoms with Crippen LogP contribution in [0, 0.1) is 0 Å². The van der Waals surface area contributed by atoms with Crippen molar-refractivity contribution in [1.29, 1.82) is 0 Å². The second kappa shape index (κ2) is 12.2. The number of alkyl halides is 3. The normalized spacial score (nSPS) is 12.0. The summed E-state index contributed by atoms with van der Waals surface area (Å²) in [6.45, 7) is 2.11. The lowest BCUT2D eigenvalue weighted by atomic mass is 10.1. The molecule has 0 fully saturated rings. The molecule has 0 aliphatic carbocycles. The molecule has 7 nitrogen and oxygen atoms in total. The highest BCUT2D eigenvalue weighted by Gasteiger charge is 2.31. The van der Waals surface area contributed by atoms with E-state index in [1.807, 2.05) is 12.1 Å². The van der Waals surface area contributed by atoms with E-state index in [-0.39, 0.29) is 12.1 Å². The Labute approximate surface area is 194 Å². The van der Waals surface area contributed by atoms with Gasteiger partial charge in [0.2, 0.25) is 11.8 Å². The molecule has 0 aromatic heterocycles. The Morgan fingerprint density at radius 1 is 1.03 bits per heavy atom. The van der Waals surface area contributed by atoms with Crippen molar-refractivity contribution in [3.63, 3.8) is 0 Å². The number of nitrogens with one attached hydrogen (secondary N) is 4. The number of halogens is 4. The summed E-state index contributed by atoms with van der Waals surface area (Å²) < 4.78 is 38.4. The van der Waals surface area contributed by atoms with Gasteiger partial charge in [-0.05, 0) is 42.8 Å². The summed E-state index contributed by atoms with van der Waals surface area (Å²) in [6.07, 6.45) is -4.59. The van der Waals surface area contributed by atoms with Gasteiger partial charge in [-0.1, -0.05) is 29.8 Å². The molecule has 2 aromatic rings. The molecule has 0 unspecified atom stereocenters. The maximum atomic E-state index is 12.8. The second-order valence-corrected chi connectivity index (χ2v) is 7.47. The largest absolute Gasteiger partial charge is 0.416 e. The Kier molecular flexibility index (Phi) is 9.68. The standard InChI is InChI=1S/C22H24ClF3N4O3/c1-2-28-21(33)18(12-27-11-14-6-8-17(23)9-7-14)30-19(31)13-29-20(32)15-4-3-5-16(10-15)22(24,25)26/h3-10,18,27H,2,11-13H2,1H3,(H,28,33)(H,29,32)(H,30,31)/t18-/m0/s1. The van der Waals surface area contributed by atoms with Crippen LogP contribution in [0.1, 0.15) is 28.4 Å². The first-order valence-electron chi connectivity index (χ1n) is 10.1. The monoisotopic (exact) mass is 484 g/mol. The molecule has 33 heavy (non-hydrogen) atoms. The van der Waals surface area contributed by atoms with Crippen LogP contribution < -0.4 is 21.3 Å². The predicted octanol–water partition coefficient (Wildman–Crippen LogP) is 2.50. The Morgan fingerprint density at radius 2 is 1.73 bits per heavy atom. The van der Waals surface area contributed by atoms with E-state index in [2.05, 4.69) is 21.3 Å². The van der Waals surface area contributed by atoms with Crippen LogP contribution in [-0.2, 0) is 22.3 Å². The van der Waals surface area contributed by atoms with Gasteiger partial charge in [-0.15, -0.1) is 0 Å². The minimum Gasteiger partial charge on any atom is -0.355 e. The van der Waals surface area contributed by atoms with Gasteiger partial charge in [0.05, 0.1) is 12.1 Å². The topological polar surface area (TPSA) is 99.3 Å². The fourth-order valence-electron chi connectivity index (χ4n) is 2.81. The summed E-state index contributed by atoms with van der Waals surface area (Å²) >= 11 is 5.85. The maximum absolute atomic E-state index is 12.8. The van der Waals surface area contributed by atoms with Crippen molar-refractivity contribution in [3.05, 3.63) is 70.2 Å². The van der Waals surface area contributed by atoms with Gasteiger partial charge in [-0.2, -0.15) is 13.2 Å². The highest BCUT2D eigenvalue weighted by atomic mass is 35.5. The maximum Gasteiger partial charge on any atom is 0.416 e. The third kappa shape index (κ3) is 8.74. The lowest BCUT2D eigenvalue weighted by molar-refractivity contribution is -0.137. The smallest absolute Gasteiger partial charge is 0.355 e. The number of benzene rings is 2. The zero-order chi connectivity index (χ0) is 24.4. The van der Waals surface area contributed by atoms with Gasteiger partial charge in [0.15, 0.2) is 0 Å². The molecular formula is C22H24ClF3N4O3. The molecule has 0 radical (unpaired) electrons. The number of hydrogen-bond acceptors (Lipinski definition) is 4. The van der Waals surface area contributed by atoms with E-state index < -0.39 is 42.0 Å². The van der Waals surface area contributed by atoms with E-state index in [9.17, 15) is 27.6 Å². The first-order valence-corrected chi connectivity index (χ1v) is 10.5. The average Bonchev–Trinajstić information content (AvgIpc) is 2.77. The number of rotatable bonds is 10. The van der Waals surface area contributed by atoms with E-state index in [1.165, 1.54) is 6.07 Å². The number of carbonyl (C=O) groups is 3. The van der Waals surface area contributed by atoms with Gasteiger partial charge in [-0.25, -0.2) is 0 Å². The Bertz CT molecular complexity index is 968. The van der Waals surface area contributed by atoms with Gasteiger partial charge < -0.3 is 21.3 Å². The molecule has 11 heteroatoms. The van der Waals surface area contributed by atoms with Crippen LogP contribution in [0.15, 0.2) is 48.5 Å². The van der Waals surface area contributed by atoms with Crippen LogP contribution in [-0.4, -0.2) is 43.4 Å². The molecule has 0 saturated carbocycles. The van der Waals surface area contributed by atoms with Gasteiger partial charge >= 0.3 is 6.18 Å². The zero-order valence-corrected chi connectivity index (χ0v) is 18.5. The third-order valence-corrected chi connectivity index (χ3v) is 4.71. The Morgan fingerprint density at radius 3 is 2.36 bits per heavy atom. The van der Waals surface area contributed by atoms with E-state index >= 15 is 0 Å². The molecule has 0 saturated heterocycles. The van der Waals surface area contributed by atoms with Crippen molar-refractivity contribution in [2.45, 2.75) is 25.7 Å². The average molecular weight is 485 g/mol. The third-order valence-electron chi connectivity index (χ3n) is 4.46. The van der Waals surface area contributed by atoms with Gasteiger partial charge in [0, 0.05) is 30.2 Å². The minimum absolute atomic E-state index is 0.113. The summed E-state index contributed by atoms with van der Waals surface area (Å²) in [7, 11) is 0. The first-order chi connectivity index (χ1) is 15.6. The zero-order valence-electron chi connectivity index (χ0n) is 17.8. The minimum atomic E-state index is -4.59. The number of amides is 3. The highest BCUT2D eigenvalue weighted by molar-refractivity contribution is 6.30. The summed E-state index contributed by atoms with van der Waals surface area (Å²) in [4.78, 5) is 36.7. The predicted molar refractivity (Wildman–Crippen MR) is 118 cm³/mol. The van der Waals surface area contributed by atoms with E-state index in [4.69, 9.17) is 11.6 Å². The molecule has 4 N–H and O–H groups in total. The SMILES string of the molecule is CCNC(=O)[C@H](CNCc1ccc(Cl)cc1)NC(=O)CNC(=O)c1cccc(C(F)(F)F)c1. The molecule has 2 rings (SSSR count). The van der Waals surface area contributed by atoms with Gasteiger partial charge in [0.25, 0.3) is 5.91 Å². The molecule has 3 amide bonds. The van der Waals surface area contributed by atoms with E-state index in [1.54, 1.807) is 19.1 Å². The fourth-order valence-corrected chi connectivity index (χ4v) is 2.94. The van der Waals surface area contributed by atoms with Gasteiger partial charge in [-0.3, -0.25) is 14.4 Å². The van der Waals surface area contributed by atoms with Crippen molar-refractivity contribution in [1.82, 2.24) is 21.3 Å². The van der Waals surface area contributed by atoms with E-state index in [0.717, 1.165) is 17.7 Å². The second-order valence-electron chi connectivity index (χ2n) is 7.03. The molecule has 2 aromatic carbocycles. The van der Waals surface area contributed by atoms with Crippen molar-refractivity contribution >= 4 is 29.3 Å². The van der Waals surface area contributed by atoms with Crippen molar-refractivity contribution in [2.24, 2.45) is 0 Å². The molecule has 1 atom stereocenters. The van der Waals surface area contributed by atoms with Crippen molar-refractivity contribution < 1.29 is 27.6 Å². The summed E-state index contributed by atoms with van der Waals surface area (Å²) in [5, 5.41) is 11.0. The Hall–Kier alpha value is -3.11. The van der Waals surface area contributed by atoms with Crippen LogP contribution in [0.25, 0.3) is 0 Å².